The predicted octanol–water partition coefficient (Wildman–Crippen LogP) is 3.76. The Morgan fingerprint density at radius 1 is 1.16 bits per heavy atom. The van der Waals surface area contributed by atoms with Gasteiger partial charge in [0.2, 0.25) is 11.0 Å². The highest BCUT2D eigenvalue weighted by atomic mass is 32.2. The standard InChI is InChI=1S/C16H20N4O3S2/c1-5-23-15(22)18-14-19-20-16(25-14)24-8-12(21)17-13-10(3)6-9(2)7-11(13)4/h6-7H,5,8H2,1-4H3,(H,17,21)(H,18,19,22). The molecule has 2 aromatic rings. The van der Waals surface area contributed by atoms with Crippen LogP contribution in [0.5, 0.6) is 0 Å². The van der Waals surface area contributed by atoms with Crippen molar-refractivity contribution in [1.82, 2.24) is 10.2 Å². The van der Waals surface area contributed by atoms with Crippen molar-refractivity contribution in [2.45, 2.75) is 32.0 Å². The minimum absolute atomic E-state index is 0.116. The molecule has 0 fully saturated rings. The first-order valence-corrected chi connectivity index (χ1v) is 9.47. The molecule has 7 nitrogen and oxygen atoms in total. The Morgan fingerprint density at radius 3 is 2.48 bits per heavy atom. The Morgan fingerprint density at radius 2 is 1.84 bits per heavy atom. The van der Waals surface area contributed by atoms with Crippen LogP contribution in [0.1, 0.15) is 23.6 Å². The molecule has 0 atom stereocenters. The number of hydrogen-bond acceptors (Lipinski definition) is 7. The van der Waals surface area contributed by atoms with Crippen LogP contribution in [-0.4, -0.2) is 34.6 Å². The van der Waals surface area contributed by atoms with Crippen molar-refractivity contribution in [3.63, 3.8) is 0 Å². The molecular weight excluding hydrogens is 360 g/mol. The van der Waals surface area contributed by atoms with Gasteiger partial charge in [-0.15, -0.1) is 10.2 Å². The van der Waals surface area contributed by atoms with E-state index in [4.69, 9.17) is 4.74 Å². The molecule has 2 N–H and O–H groups in total. The first-order chi connectivity index (χ1) is 11.9. The van der Waals surface area contributed by atoms with Gasteiger partial charge in [0.05, 0.1) is 12.4 Å². The molecule has 0 unspecified atom stereocenters. The lowest BCUT2D eigenvalue weighted by Crippen LogP contribution is -2.15. The Bertz CT molecular complexity index is 753. The zero-order valence-corrected chi connectivity index (χ0v) is 16.1. The van der Waals surface area contributed by atoms with Gasteiger partial charge in [-0.2, -0.15) is 0 Å². The molecule has 2 rings (SSSR count). The van der Waals surface area contributed by atoms with E-state index >= 15 is 0 Å². The van der Waals surface area contributed by atoms with Gasteiger partial charge >= 0.3 is 6.09 Å². The van der Waals surface area contributed by atoms with Crippen molar-refractivity contribution in [3.8, 4) is 0 Å². The smallest absolute Gasteiger partial charge is 0.413 e. The van der Waals surface area contributed by atoms with E-state index in [1.54, 1.807) is 6.92 Å². The van der Waals surface area contributed by atoms with Crippen LogP contribution < -0.4 is 10.6 Å². The molecule has 0 spiro atoms. The van der Waals surface area contributed by atoms with E-state index in [0.717, 1.165) is 22.4 Å². The molecule has 134 valence electrons. The topological polar surface area (TPSA) is 93.2 Å². The summed E-state index contributed by atoms with van der Waals surface area (Å²) in [5, 5.41) is 13.5. The van der Waals surface area contributed by atoms with Crippen LogP contribution >= 0.6 is 23.1 Å². The predicted molar refractivity (Wildman–Crippen MR) is 101 cm³/mol. The minimum Gasteiger partial charge on any atom is -0.450 e. The molecule has 0 aliphatic carbocycles. The molecule has 2 amide bonds. The van der Waals surface area contributed by atoms with Crippen LogP contribution in [0.25, 0.3) is 0 Å². The number of aromatic nitrogens is 2. The van der Waals surface area contributed by atoms with Gasteiger partial charge in [0.1, 0.15) is 0 Å². The molecule has 1 heterocycles. The lowest BCUT2D eigenvalue weighted by Gasteiger charge is -2.12. The van der Waals surface area contributed by atoms with E-state index in [-0.39, 0.29) is 18.3 Å². The third-order valence-electron chi connectivity index (χ3n) is 3.16. The zero-order chi connectivity index (χ0) is 18.4. The van der Waals surface area contributed by atoms with Gasteiger partial charge in [-0.3, -0.25) is 10.1 Å². The first kappa shape index (κ1) is 19.2. The van der Waals surface area contributed by atoms with Gasteiger partial charge in [0.15, 0.2) is 4.34 Å². The second-order valence-electron chi connectivity index (χ2n) is 5.33. The van der Waals surface area contributed by atoms with Gasteiger partial charge in [0, 0.05) is 5.69 Å². The molecule has 1 aromatic carbocycles. The van der Waals surface area contributed by atoms with Crippen molar-refractivity contribution in [2.75, 3.05) is 23.0 Å². The van der Waals surface area contributed by atoms with E-state index < -0.39 is 6.09 Å². The van der Waals surface area contributed by atoms with Crippen molar-refractivity contribution in [1.29, 1.82) is 0 Å². The number of amides is 2. The summed E-state index contributed by atoms with van der Waals surface area (Å²) >= 11 is 2.46. The summed E-state index contributed by atoms with van der Waals surface area (Å²) in [6.07, 6.45) is -0.571. The highest BCUT2D eigenvalue weighted by molar-refractivity contribution is 8.01. The second kappa shape index (κ2) is 8.82. The summed E-state index contributed by atoms with van der Waals surface area (Å²) in [6.45, 7) is 7.97. The largest absolute Gasteiger partial charge is 0.450 e. The average molecular weight is 380 g/mol. The van der Waals surface area contributed by atoms with Gasteiger partial charge in [-0.1, -0.05) is 40.8 Å². The van der Waals surface area contributed by atoms with Gasteiger partial charge in [-0.05, 0) is 38.8 Å². The summed E-state index contributed by atoms with van der Waals surface area (Å²) in [6, 6.07) is 4.07. The molecule has 0 radical (unpaired) electrons. The number of carbonyl (C=O) groups excluding carboxylic acids is 2. The van der Waals surface area contributed by atoms with Crippen LogP contribution in [0.3, 0.4) is 0 Å². The zero-order valence-electron chi connectivity index (χ0n) is 14.5. The Labute approximate surface area is 154 Å². The van der Waals surface area contributed by atoms with Crippen molar-refractivity contribution in [2.24, 2.45) is 0 Å². The maximum absolute atomic E-state index is 12.2. The van der Waals surface area contributed by atoms with Crippen molar-refractivity contribution in [3.05, 3.63) is 28.8 Å². The SMILES string of the molecule is CCOC(=O)Nc1nnc(SCC(=O)Nc2c(C)cc(C)cc2C)s1. The number of nitrogens with one attached hydrogen (secondary N) is 2. The molecule has 9 heteroatoms. The number of benzene rings is 1. The van der Waals surface area contributed by atoms with Crippen molar-refractivity contribution >= 4 is 45.9 Å². The van der Waals surface area contributed by atoms with E-state index in [9.17, 15) is 9.59 Å². The monoisotopic (exact) mass is 380 g/mol. The molecule has 0 saturated carbocycles. The molecule has 1 aromatic heterocycles. The fraction of sp³-hybridized carbons (Fsp3) is 0.375. The molecule has 0 aliphatic rings. The number of nitrogens with zero attached hydrogens (tertiary/aromatic N) is 2. The summed E-state index contributed by atoms with van der Waals surface area (Å²) in [4.78, 5) is 23.5. The fourth-order valence-electron chi connectivity index (χ4n) is 2.25. The number of anilines is 2. The van der Waals surface area contributed by atoms with Crippen LogP contribution in [0.15, 0.2) is 16.5 Å². The van der Waals surface area contributed by atoms with E-state index in [0.29, 0.717) is 9.47 Å². The van der Waals surface area contributed by atoms with Crippen molar-refractivity contribution < 1.29 is 14.3 Å². The average Bonchev–Trinajstić information content (AvgIpc) is 2.96. The highest BCUT2D eigenvalue weighted by Crippen LogP contribution is 2.26. The van der Waals surface area contributed by atoms with Gasteiger partial charge in [-0.25, -0.2) is 4.79 Å². The molecule has 0 saturated heterocycles. The summed E-state index contributed by atoms with van der Waals surface area (Å²) in [7, 11) is 0. The van der Waals surface area contributed by atoms with E-state index in [1.165, 1.54) is 23.1 Å². The van der Waals surface area contributed by atoms with Gasteiger partial charge in [0.25, 0.3) is 0 Å². The summed E-state index contributed by atoms with van der Waals surface area (Å²) < 4.78 is 5.36. The quantitative estimate of drug-likeness (QED) is 0.585. The molecule has 0 aliphatic heterocycles. The number of ether oxygens (including phenoxy) is 1. The minimum atomic E-state index is -0.571. The first-order valence-electron chi connectivity index (χ1n) is 7.66. The Hall–Kier alpha value is -2.13. The maximum Gasteiger partial charge on any atom is 0.413 e. The third kappa shape index (κ3) is 5.71. The lowest BCUT2D eigenvalue weighted by molar-refractivity contribution is -0.113. The number of rotatable bonds is 6. The van der Waals surface area contributed by atoms with E-state index in [1.807, 2.05) is 32.9 Å². The lowest BCUT2D eigenvalue weighted by atomic mass is 10.1. The van der Waals surface area contributed by atoms with E-state index in [2.05, 4.69) is 20.8 Å². The number of thioether (sulfide) groups is 1. The normalized spacial score (nSPS) is 10.4. The Kier molecular flexibility index (Phi) is 6.77. The highest BCUT2D eigenvalue weighted by Gasteiger charge is 2.12. The molecular formula is C16H20N4O3S2. The number of hydrogen-bond donors (Lipinski definition) is 2. The summed E-state index contributed by atoms with van der Waals surface area (Å²) in [5.74, 6) is 0.0935. The second-order valence-corrected chi connectivity index (χ2v) is 7.53. The van der Waals surface area contributed by atoms with Crippen LogP contribution in [0.2, 0.25) is 0 Å². The fourth-order valence-corrected chi connectivity index (χ4v) is 3.79. The number of aryl methyl sites for hydroxylation is 3. The third-order valence-corrected chi connectivity index (χ3v) is 5.13. The summed E-state index contributed by atoms with van der Waals surface area (Å²) in [5.41, 5.74) is 4.08. The van der Waals surface area contributed by atoms with Gasteiger partial charge < -0.3 is 10.1 Å². The van der Waals surface area contributed by atoms with Crippen LogP contribution in [0, 0.1) is 20.8 Å². The molecule has 25 heavy (non-hydrogen) atoms. The Balaban J connectivity index is 1.88. The maximum atomic E-state index is 12.2. The van der Waals surface area contributed by atoms with Crippen LogP contribution in [0.4, 0.5) is 15.6 Å². The van der Waals surface area contributed by atoms with Crippen LogP contribution in [-0.2, 0) is 9.53 Å². The molecule has 0 bridgehead atoms. The number of carbonyl (C=O) groups is 2.